The average Bonchev–Trinajstić information content (AvgIpc) is 2.46. The Morgan fingerprint density at radius 2 is 2.10 bits per heavy atom. The second-order valence-electron chi connectivity index (χ2n) is 4.63. The normalized spacial score (nSPS) is 14.4. The highest BCUT2D eigenvalue weighted by atomic mass is 19.3. The monoisotopic (exact) mass is 280 g/mol. The number of nitrogens with zero attached hydrogens (tertiary/aromatic N) is 1. The van der Waals surface area contributed by atoms with Crippen LogP contribution in [0.15, 0.2) is 36.5 Å². The minimum atomic E-state index is -3.12. The van der Waals surface area contributed by atoms with Crippen LogP contribution >= 0.6 is 0 Å². The van der Waals surface area contributed by atoms with Gasteiger partial charge in [-0.15, -0.1) is 0 Å². The Kier molecular flexibility index (Phi) is 4.06. The van der Waals surface area contributed by atoms with Crippen molar-refractivity contribution in [2.24, 2.45) is 0 Å². The van der Waals surface area contributed by atoms with Crippen LogP contribution in [-0.4, -0.2) is 39.5 Å². The minimum absolute atomic E-state index is 0.160. The van der Waals surface area contributed by atoms with Gasteiger partial charge in [0.1, 0.15) is 0 Å². The largest absolute Gasteiger partial charge is 0.393 e. The van der Waals surface area contributed by atoms with Gasteiger partial charge >= 0.3 is 0 Å². The van der Waals surface area contributed by atoms with Gasteiger partial charge in [-0.25, -0.2) is 8.78 Å². The Labute approximate surface area is 114 Å². The molecule has 0 bridgehead atoms. The fraction of sp³-hybridized carbons (Fsp3) is 0.286. The van der Waals surface area contributed by atoms with Crippen molar-refractivity contribution in [1.29, 1.82) is 5.41 Å². The number of hydrogen-bond donors (Lipinski definition) is 3. The first-order valence-electron chi connectivity index (χ1n) is 6.00. The van der Waals surface area contributed by atoms with E-state index in [9.17, 15) is 13.9 Å². The molecule has 106 valence electrons. The Morgan fingerprint density at radius 1 is 1.35 bits per heavy atom. The molecule has 20 heavy (non-hydrogen) atoms. The molecule has 1 heterocycles. The maximum Gasteiger partial charge on any atom is 0.269 e. The van der Waals surface area contributed by atoms with Gasteiger partial charge in [-0.3, -0.25) is 4.98 Å². The zero-order valence-corrected chi connectivity index (χ0v) is 10.6. The van der Waals surface area contributed by atoms with Crippen LogP contribution in [0, 0.1) is 5.41 Å². The van der Waals surface area contributed by atoms with Crippen molar-refractivity contribution in [3.05, 3.63) is 42.1 Å². The van der Waals surface area contributed by atoms with Crippen molar-refractivity contribution in [3.63, 3.8) is 0 Å². The van der Waals surface area contributed by atoms with E-state index >= 15 is 0 Å². The van der Waals surface area contributed by atoms with E-state index in [1.807, 2.05) is 0 Å². The van der Waals surface area contributed by atoms with E-state index < -0.39 is 25.1 Å². The number of benzene rings is 1. The lowest BCUT2D eigenvalue weighted by Crippen LogP contribution is -2.43. The Balaban J connectivity index is 2.27. The second-order valence-corrected chi connectivity index (χ2v) is 4.63. The number of halogens is 2. The van der Waals surface area contributed by atoms with Crippen LogP contribution in [0.3, 0.4) is 0 Å². The molecule has 1 aromatic heterocycles. The third-order valence-electron chi connectivity index (χ3n) is 3.11. The molecule has 0 saturated heterocycles. The molecule has 4 nitrogen and oxygen atoms in total. The number of aromatic nitrogens is 1. The first kappa shape index (κ1) is 14.5. The van der Waals surface area contributed by atoms with Gasteiger partial charge in [-0.2, -0.15) is 0 Å². The molecule has 3 N–H and O–H groups in total. The molecule has 0 aliphatic carbocycles. The van der Waals surface area contributed by atoms with Gasteiger partial charge in [0, 0.05) is 23.7 Å². The van der Waals surface area contributed by atoms with E-state index in [2.05, 4.69) is 4.98 Å². The minimum Gasteiger partial charge on any atom is -0.393 e. The molecule has 0 radical (unpaired) electrons. The van der Waals surface area contributed by atoms with Gasteiger partial charge in [-0.1, -0.05) is 12.1 Å². The van der Waals surface area contributed by atoms with Crippen molar-refractivity contribution in [2.75, 3.05) is 6.61 Å². The first-order valence-corrected chi connectivity index (χ1v) is 6.00. The maximum atomic E-state index is 12.7. The Hall–Kier alpha value is -1.92. The van der Waals surface area contributed by atoms with E-state index in [0.29, 0.717) is 5.56 Å². The zero-order valence-electron chi connectivity index (χ0n) is 10.6. The van der Waals surface area contributed by atoms with Crippen LogP contribution in [0.5, 0.6) is 0 Å². The number of rotatable bonds is 5. The molecule has 2 aromatic rings. The van der Waals surface area contributed by atoms with E-state index in [1.165, 1.54) is 0 Å². The second kappa shape index (κ2) is 5.60. The molecule has 0 aliphatic heterocycles. The van der Waals surface area contributed by atoms with Crippen molar-refractivity contribution >= 4 is 16.6 Å². The van der Waals surface area contributed by atoms with Crippen LogP contribution < -0.4 is 0 Å². The molecular formula is C14H14F2N2O2. The van der Waals surface area contributed by atoms with Gasteiger partial charge in [0.25, 0.3) is 6.43 Å². The molecular weight excluding hydrogens is 266 g/mol. The summed E-state index contributed by atoms with van der Waals surface area (Å²) < 4.78 is 25.4. The number of hydrogen-bond acceptors (Lipinski definition) is 4. The zero-order chi connectivity index (χ0) is 14.8. The first-order chi connectivity index (χ1) is 9.46. The summed E-state index contributed by atoms with van der Waals surface area (Å²) in [5, 5.41) is 27.1. The summed E-state index contributed by atoms with van der Waals surface area (Å²) in [4.78, 5) is 4.12. The quantitative estimate of drug-likeness (QED) is 0.733. The fourth-order valence-corrected chi connectivity index (χ4v) is 1.87. The van der Waals surface area contributed by atoms with Crippen LogP contribution in [0.25, 0.3) is 10.9 Å². The van der Waals surface area contributed by atoms with E-state index in [0.717, 1.165) is 10.9 Å². The molecule has 1 unspecified atom stereocenters. The summed E-state index contributed by atoms with van der Waals surface area (Å²) in [6, 6.07) is 8.44. The highest BCUT2D eigenvalue weighted by Gasteiger charge is 2.38. The number of pyridine rings is 1. The average molecular weight is 280 g/mol. The molecule has 0 amide bonds. The van der Waals surface area contributed by atoms with Crippen LogP contribution in [0.4, 0.5) is 8.78 Å². The number of aliphatic hydroxyl groups is 2. The summed E-state index contributed by atoms with van der Waals surface area (Å²) in [5.41, 5.74) is -1.60. The van der Waals surface area contributed by atoms with E-state index in [1.54, 1.807) is 36.5 Å². The maximum absolute atomic E-state index is 12.7. The van der Waals surface area contributed by atoms with Crippen molar-refractivity contribution in [2.45, 2.75) is 18.4 Å². The molecule has 6 heteroatoms. The molecule has 0 saturated carbocycles. The van der Waals surface area contributed by atoms with E-state index in [4.69, 9.17) is 10.5 Å². The predicted octanol–water partition coefficient (Wildman–Crippen LogP) is 1.98. The molecule has 2 rings (SSSR count). The van der Waals surface area contributed by atoms with Gasteiger partial charge in [0.2, 0.25) is 0 Å². The van der Waals surface area contributed by atoms with Crippen molar-refractivity contribution in [1.82, 2.24) is 4.98 Å². The van der Waals surface area contributed by atoms with Gasteiger partial charge in [0.15, 0.2) is 5.60 Å². The van der Waals surface area contributed by atoms with Crippen LogP contribution in [0.1, 0.15) is 12.0 Å². The van der Waals surface area contributed by atoms with Crippen LogP contribution in [0.2, 0.25) is 0 Å². The smallest absolute Gasteiger partial charge is 0.269 e. The Morgan fingerprint density at radius 3 is 2.75 bits per heavy atom. The standard InChI is InChI=1S/C14H14F2N2O2/c15-13(16)14(20,8-19)7-11(17)9-3-4-12-10(6-9)2-1-5-18-12/h1-6,13,17,19-20H,7-8H2. The summed E-state index contributed by atoms with van der Waals surface area (Å²) in [6.45, 7) is -1.10. The molecule has 0 fully saturated rings. The summed E-state index contributed by atoms with van der Waals surface area (Å²) in [5.74, 6) is 0. The van der Waals surface area contributed by atoms with Crippen LogP contribution in [-0.2, 0) is 0 Å². The third kappa shape index (κ3) is 2.81. The number of alkyl halides is 2. The lowest BCUT2D eigenvalue weighted by atomic mass is 9.94. The van der Waals surface area contributed by atoms with E-state index in [-0.39, 0.29) is 5.71 Å². The fourth-order valence-electron chi connectivity index (χ4n) is 1.87. The summed E-state index contributed by atoms with van der Waals surface area (Å²) in [7, 11) is 0. The van der Waals surface area contributed by atoms with Gasteiger partial charge in [-0.05, 0) is 23.8 Å². The lowest BCUT2D eigenvalue weighted by molar-refractivity contribution is -0.118. The predicted molar refractivity (Wildman–Crippen MR) is 71.2 cm³/mol. The highest BCUT2D eigenvalue weighted by molar-refractivity contribution is 6.01. The summed E-state index contributed by atoms with van der Waals surface area (Å²) >= 11 is 0. The van der Waals surface area contributed by atoms with Crippen molar-refractivity contribution in [3.8, 4) is 0 Å². The number of nitrogens with one attached hydrogen (secondary N) is 1. The van der Waals surface area contributed by atoms with Gasteiger partial charge in [0.05, 0.1) is 12.1 Å². The van der Waals surface area contributed by atoms with Gasteiger partial charge < -0.3 is 15.6 Å². The molecule has 1 aromatic carbocycles. The molecule has 1 atom stereocenters. The number of fused-ring (bicyclic) bond motifs is 1. The third-order valence-corrected chi connectivity index (χ3v) is 3.11. The SMILES string of the molecule is N=C(CC(O)(CO)C(F)F)c1ccc2ncccc2c1. The lowest BCUT2D eigenvalue weighted by Gasteiger charge is -2.25. The molecule has 0 aliphatic rings. The number of aliphatic hydroxyl groups excluding tert-OH is 1. The van der Waals surface area contributed by atoms with Crippen molar-refractivity contribution < 1.29 is 19.0 Å². The Bertz CT molecular complexity index is 633. The topological polar surface area (TPSA) is 77.2 Å². The highest BCUT2D eigenvalue weighted by Crippen LogP contribution is 2.23. The summed E-state index contributed by atoms with van der Waals surface area (Å²) in [6.07, 6.45) is -2.10. The molecule has 0 spiro atoms.